The fourth-order valence-electron chi connectivity index (χ4n) is 3.84. The van der Waals surface area contributed by atoms with E-state index in [-0.39, 0.29) is 5.56 Å². The van der Waals surface area contributed by atoms with Gasteiger partial charge in [0.05, 0.1) is 12.0 Å². The van der Waals surface area contributed by atoms with Gasteiger partial charge in [0.25, 0.3) is 5.56 Å². The zero-order chi connectivity index (χ0) is 21.1. The summed E-state index contributed by atoms with van der Waals surface area (Å²) in [5.41, 5.74) is 1.74. The Hall–Kier alpha value is -2.87. The predicted molar refractivity (Wildman–Crippen MR) is 116 cm³/mol. The zero-order valence-corrected chi connectivity index (χ0v) is 17.6. The summed E-state index contributed by atoms with van der Waals surface area (Å²) >= 11 is 1.62. The molecule has 0 radical (unpaired) electrons. The molecule has 0 spiro atoms. The van der Waals surface area contributed by atoms with Crippen molar-refractivity contribution < 1.29 is 19.4 Å². The molecule has 2 N–H and O–H groups in total. The lowest BCUT2D eigenvalue weighted by Crippen LogP contribution is -2.11. The average Bonchev–Trinajstić information content (AvgIpc) is 3.04. The molecule has 0 bridgehead atoms. The highest BCUT2D eigenvalue weighted by Crippen LogP contribution is 2.35. The monoisotopic (exact) mass is 428 g/mol. The second-order valence-electron chi connectivity index (χ2n) is 7.29. The minimum Gasteiger partial charge on any atom is -0.490 e. The minimum absolute atomic E-state index is 0.114. The molecule has 0 atom stereocenters. The fourth-order valence-corrected chi connectivity index (χ4v) is 5.10. The summed E-state index contributed by atoms with van der Waals surface area (Å²) in [7, 11) is 0. The molecule has 0 amide bonds. The number of hydrogen-bond acceptors (Lipinski definition) is 6. The van der Waals surface area contributed by atoms with Crippen molar-refractivity contribution in [2.75, 3.05) is 13.2 Å². The fraction of sp³-hybridized carbons (Fsp3) is 0.409. The van der Waals surface area contributed by atoms with Crippen LogP contribution in [0.2, 0.25) is 0 Å². The molecule has 30 heavy (non-hydrogen) atoms. The number of ether oxygens (including phenoxy) is 2. The summed E-state index contributed by atoms with van der Waals surface area (Å²) in [6.45, 7) is 1.77. The molecule has 0 unspecified atom stereocenters. The van der Waals surface area contributed by atoms with Crippen molar-refractivity contribution in [3.8, 4) is 22.9 Å². The number of rotatable bonds is 6. The van der Waals surface area contributed by atoms with Crippen molar-refractivity contribution in [2.24, 2.45) is 0 Å². The second kappa shape index (κ2) is 8.87. The number of carbonyl (C=O) groups is 1. The molecule has 7 nitrogen and oxygen atoms in total. The van der Waals surface area contributed by atoms with Gasteiger partial charge in [0.1, 0.15) is 10.7 Å². The number of H-pyrrole nitrogens is 1. The van der Waals surface area contributed by atoms with Crippen molar-refractivity contribution in [3.63, 3.8) is 0 Å². The Bertz CT molecular complexity index is 1130. The van der Waals surface area contributed by atoms with Crippen LogP contribution in [0.5, 0.6) is 11.5 Å². The van der Waals surface area contributed by atoms with Crippen LogP contribution in [0.25, 0.3) is 21.6 Å². The first-order valence-corrected chi connectivity index (χ1v) is 11.0. The molecule has 1 aliphatic carbocycles. The zero-order valence-electron chi connectivity index (χ0n) is 16.8. The Morgan fingerprint density at radius 2 is 1.97 bits per heavy atom. The van der Waals surface area contributed by atoms with Gasteiger partial charge in [0.15, 0.2) is 18.1 Å². The van der Waals surface area contributed by atoms with Crippen LogP contribution in [0.4, 0.5) is 0 Å². The maximum atomic E-state index is 12.9. The van der Waals surface area contributed by atoms with Gasteiger partial charge in [0.2, 0.25) is 0 Å². The number of nitrogens with zero attached hydrogens (tertiary/aromatic N) is 1. The molecule has 2 heterocycles. The molecular weight excluding hydrogens is 404 g/mol. The minimum atomic E-state index is -1.06. The summed E-state index contributed by atoms with van der Waals surface area (Å²) in [6, 6.07) is 5.10. The molecule has 3 aromatic rings. The number of benzene rings is 1. The van der Waals surface area contributed by atoms with Gasteiger partial charge in [-0.15, -0.1) is 11.3 Å². The third-order valence-electron chi connectivity index (χ3n) is 5.19. The number of nitrogens with one attached hydrogen (secondary N) is 1. The lowest BCUT2D eigenvalue weighted by Gasteiger charge is -2.12. The highest BCUT2D eigenvalue weighted by molar-refractivity contribution is 7.18. The molecule has 2 aromatic heterocycles. The summed E-state index contributed by atoms with van der Waals surface area (Å²) < 4.78 is 10.9. The molecule has 0 aliphatic heterocycles. The van der Waals surface area contributed by atoms with Crippen LogP contribution >= 0.6 is 11.3 Å². The van der Waals surface area contributed by atoms with E-state index in [1.54, 1.807) is 29.5 Å². The number of aromatic nitrogens is 2. The van der Waals surface area contributed by atoms with E-state index in [9.17, 15) is 9.59 Å². The highest BCUT2D eigenvalue weighted by Gasteiger charge is 2.19. The first-order valence-electron chi connectivity index (χ1n) is 10.2. The maximum Gasteiger partial charge on any atom is 0.341 e. The van der Waals surface area contributed by atoms with E-state index in [0.29, 0.717) is 29.5 Å². The molecule has 158 valence electrons. The number of aryl methyl sites for hydroxylation is 2. The van der Waals surface area contributed by atoms with Gasteiger partial charge in [0, 0.05) is 10.4 Å². The number of carboxylic acid groups (broad SMARTS) is 1. The summed E-state index contributed by atoms with van der Waals surface area (Å²) in [6.07, 6.45) is 6.64. The smallest absolute Gasteiger partial charge is 0.341 e. The van der Waals surface area contributed by atoms with Gasteiger partial charge >= 0.3 is 5.97 Å². The Morgan fingerprint density at radius 1 is 1.17 bits per heavy atom. The van der Waals surface area contributed by atoms with Gasteiger partial charge in [-0.1, -0.05) is 12.8 Å². The van der Waals surface area contributed by atoms with E-state index >= 15 is 0 Å². The standard InChI is InChI=1S/C22H24N2O5S/c1-2-28-16-11-13(9-10-15(16)29-12-18(25)26)20-23-21(27)19-14-7-5-3-4-6-8-17(14)30-22(19)24-20/h9-11H,2-8,12H2,1H3,(H,25,26)(H,23,24,27). The molecule has 0 saturated heterocycles. The van der Waals surface area contributed by atoms with Gasteiger partial charge in [-0.25, -0.2) is 9.78 Å². The number of aliphatic carboxylic acids is 1. The van der Waals surface area contributed by atoms with Gasteiger partial charge in [-0.3, -0.25) is 4.79 Å². The van der Waals surface area contributed by atoms with E-state index in [1.165, 1.54) is 23.3 Å². The third-order valence-corrected chi connectivity index (χ3v) is 6.38. The van der Waals surface area contributed by atoms with Gasteiger partial charge in [-0.05, 0) is 56.4 Å². The van der Waals surface area contributed by atoms with Gasteiger partial charge in [-0.2, -0.15) is 0 Å². The summed E-state index contributed by atoms with van der Waals surface area (Å²) in [5, 5.41) is 9.58. The van der Waals surface area contributed by atoms with E-state index in [4.69, 9.17) is 19.6 Å². The van der Waals surface area contributed by atoms with Crippen LogP contribution in [0.1, 0.15) is 43.0 Å². The van der Waals surface area contributed by atoms with Crippen molar-refractivity contribution >= 4 is 27.5 Å². The van der Waals surface area contributed by atoms with E-state index in [0.717, 1.165) is 35.9 Å². The number of hydrogen-bond donors (Lipinski definition) is 2. The number of carboxylic acids is 1. The van der Waals surface area contributed by atoms with Crippen LogP contribution < -0.4 is 15.0 Å². The Morgan fingerprint density at radius 3 is 2.73 bits per heavy atom. The predicted octanol–water partition coefficient (Wildman–Crippen LogP) is 4.17. The lowest BCUT2D eigenvalue weighted by atomic mass is 9.98. The van der Waals surface area contributed by atoms with E-state index < -0.39 is 12.6 Å². The van der Waals surface area contributed by atoms with Crippen LogP contribution in [-0.2, 0) is 17.6 Å². The van der Waals surface area contributed by atoms with Crippen LogP contribution in [0.3, 0.4) is 0 Å². The maximum absolute atomic E-state index is 12.9. The molecule has 4 rings (SSSR count). The number of thiophene rings is 1. The molecule has 0 saturated carbocycles. The Labute approximate surface area is 177 Å². The SMILES string of the molecule is CCOc1cc(-c2nc3sc4c(c3c(=O)[nH]2)CCCCCC4)ccc1OCC(=O)O. The van der Waals surface area contributed by atoms with E-state index in [1.807, 2.05) is 6.92 Å². The molecule has 1 aromatic carbocycles. The quantitative estimate of drug-likeness (QED) is 0.611. The van der Waals surface area contributed by atoms with Crippen LogP contribution in [-0.4, -0.2) is 34.3 Å². The molecule has 8 heteroatoms. The summed E-state index contributed by atoms with van der Waals surface area (Å²) in [4.78, 5) is 33.5. The van der Waals surface area contributed by atoms with Crippen LogP contribution in [0, 0.1) is 0 Å². The van der Waals surface area contributed by atoms with Crippen molar-refractivity contribution in [1.29, 1.82) is 0 Å². The highest BCUT2D eigenvalue weighted by atomic mass is 32.1. The van der Waals surface area contributed by atoms with E-state index in [2.05, 4.69) is 4.98 Å². The summed E-state index contributed by atoms with van der Waals surface area (Å²) in [5.74, 6) is 0.154. The first-order chi connectivity index (χ1) is 14.6. The van der Waals surface area contributed by atoms with Crippen molar-refractivity contribution in [2.45, 2.75) is 45.4 Å². The normalized spacial score (nSPS) is 14.0. The topological polar surface area (TPSA) is 102 Å². The van der Waals surface area contributed by atoms with Gasteiger partial charge < -0.3 is 19.6 Å². The number of fused-ring (bicyclic) bond motifs is 3. The number of aromatic amines is 1. The Balaban J connectivity index is 1.74. The molecule has 0 fully saturated rings. The largest absolute Gasteiger partial charge is 0.490 e. The first kappa shape index (κ1) is 20.4. The molecular formula is C22H24N2O5S. The Kier molecular flexibility index (Phi) is 6.03. The third kappa shape index (κ3) is 4.18. The lowest BCUT2D eigenvalue weighted by molar-refractivity contribution is -0.139. The van der Waals surface area contributed by atoms with Crippen LogP contribution in [0.15, 0.2) is 23.0 Å². The van der Waals surface area contributed by atoms with Crippen molar-refractivity contribution in [3.05, 3.63) is 39.0 Å². The van der Waals surface area contributed by atoms with Crippen molar-refractivity contribution in [1.82, 2.24) is 9.97 Å². The molecule has 1 aliphatic rings. The second-order valence-corrected chi connectivity index (χ2v) is 8.37. The average molecular weight is 429 g/mol.